The van der Waals surface area contributed by atoms with Crippen molar-refractivity contribution in [3.05, 3.63) is 0 Å². The van der Waals surface area contributed by atoms with Gasteiger partial charge in [-0.05, 0) is 50.5 Å². The standard InChI is InChI=1S/C17H34N2O/c1-13(2)8-10-19-17(20)15(4)18-11-9-16-7-5-6-14(3)12-16/h13-16,18H,5-12H2,1-4H3,(H,19,20). The van der Waals surface area contributed by atoms with Crippen molar-refractivity contribution >= 4 is 5.91 Å². The van der Waals surface area contributed by atoms with Gasteiger partial charge in [0.15, 0.2) is 0 Å². The number of nitrogens with one attached hydrogen (secondary N) is 2. The topological polar surface area (TPSA) is 41.1 Å². The number of hydrogen-bond donors (Lipinski definition) is 2. The molecule has 0 aliphatic heterocycles. The van der Waals surface area contributed by atoms with Crippen LogP contribution in [0.5, 0.6) is 0 Å². The zero-order valence-electron chi connectivity index (χ0n) is 13.9. The first-order valence-corrected chi connectivity index (χ1v) is 8.50. The molecule has 1 fully saturated rings. The Kier molecular flexibility index (Phi) is 8.20. The SMILES string of the molecule is CC(C)CCNC(=O)C(C)NCCC1CCCC(C)C1. The molecule has 0 bridgehead atoms. The summed E-state index contributed by atoms with van der Waals surface area (Å²) in [5.74, 6) is 2.54. The van der Waals surface area contributed by atoms with Crippen LogP contribution in [0.3, 0.4) is 0 Å². The second-order valence-corrected chi connectivity index (χ2v) is 7.08. The summed E-state index contributed by atoms with van der Waals surface area (Å²) < 4.78 is 0. The van der Waals surface area contributed by atoms with E-state index in [4.69, 9.17) is 0 Å². The molecule has 118 valence electrons. The normalized spacial score (nSPS) is 24.6. The van der Waals surface area contributed by atoms with E-state index in [-0.39, 0.29) is 11.9 Å². The summed E-state index contributed by atoms with van der Waals surface area (Å²) in [5.41, 5.74) is 0. The van der Waals surface area contributed by atoms with Gasteiger partial charge < -0.3 is 10.6 Å². The summed E-state index contributed by atoms with van der Waals surface area (Å²) in [4.78, 5) is 11.9. The summed E-state index contributed by atoms with van der Waals surface area (Å²) in [7, 11) is 0. The number of carbonyl (C=O) groups is 1. The van der Waals surface area contributed by atoms with E-state index in [0.29, 0.717) is 5.92 Å². The molecule has 1 aliphatic rings. The third-order valence-corrected chi connectivity index (χ3v) is 4.46. The summed E-state index contributed by atoms with van der Waals surface area (Å²) in [6, 6.07) is -0.0665. The van der Waals surface area contributed by atoms with Gasteiger partial charge in [-0.3, -0.25) is 4.79 Å². The average molecular weight is 282 g/mol. The predicted molar refractivity (Wildman–Crippen MR) is 85.7 cm³/mol. The number of amides is 1. The van der Waals surface area contributed by atoms with Crippen molar-refractivity contribution < 1.29 is 4.79 Å². The van der Waals surface area contributed by atoms with Gasteiger partial charge in [0, 0.05) is 6.54 Å². The van der Waals surface area contributed by atoms with Crippen LogP contribution < -0.4 is 10.6 Å². The van der Waals surface area contributed by atoms with Crippen LogP contribution in [-0.2, 0) is 4.79 Å². The largest absolute Gasteiger partial charge is 0.355 e. The van der Waals surface area contributed by atoms with E-state index in [2.05, 4.69) is 31.4 Å². The smallest absolute Gasteiger partial charge is 0.236 e. The fraction of sp³-hybridized carbons (Fsp3) is 0.941. The van der Waals surface area contributed by atoms with Crippen LogP contribution >= 0.6 is 0 Å². The van der Waals surface area contributed by atoms with Crippen molar-refractivity contribution in [2.24, 2.45) is 17.8 Å². The molecule has 3 unspecified atom stereocenters. The van der Waals surface area contributed by atoms with Crippen LogP contribution in [0.25, 0.3) is 0 Å². The minimum absolute atomic E-state index is 0.0665. The van der Waals surface area contributed by atoms with E-state index >= 15 is 0 Å². The molecule has 2 N–H and O–H groups in total. The molecular formula is C17H34N2O. The Bertz CT molecular complexity index is 278. The zero-order valence-corrected chi connectivity index (χ0v) is 13.9. The van der Waals surface area contributed by atoms with Crippen molar-refractivity contribution in [1.29, 1.82) is 0 Å². The van der Waals surface area contributed by atoms with Gasteiger partial charge in [0.1, 0.15) is 0 Å². The van der Waals surface area contributed by atoms with Crippen molar-refractivity contribution in [2.75, 3.05) is 13.1 Å². The molecule has 1 rings (SSSR count). The van der Waals surface area contributed by atoms with Crippen LogP contribution in [-0.4, -0.2) is 25.0 Å². The fourth-order valence-electron chi connectivity index (χ4n) is 3.06. The van der Waals surface area contributed by atoms with E-state index < -0.39 is 0 Å². The number of hydrogen-bond acceptors (Lipinski definition) is 2. The molecule has 0 aromatic rings. The minimum Gasteiger partial charge on any atom is -0.355 e. The van der Waals surface area contributed by atoms with Crippen molar-refractivity contribution in [2.45, 2.75) is 72.3 Å². The quantitative estimate of drug-likeness (QED) is 0.717. The highest BCUT2D eigenvalue weighted by Gasteiger charge is 2.19. The monoisotopic (exact) mass is 282 g/mol. The molecule has 0 aromatic heterocycles. The summed E-state index contributed by atoms with van der Waals surface area (Å²) in [5, 5.41) is 6.38. The third-order valence-electron chi connectivity index (χ3n) is 4.46. The molecule has 0 heterocycles. The summed E-state index contributed by atoms with van der Waals surface area (Å²) in [6.07, 6.45) is 7.81. The van der Waals surface area contributed by atoms with Gasteiger partial charge in [-0.1, -0.05) is 40.0 Å². The molecule has 0 saturated heterocycles. The van der Waals surface area contributed by atoms with Crippen LogP contribution in [0, 0.1) is 17.8 Å². The highest BCUT2D eigenvalue weighted by Crippen LogP contribution is 2.30. The van der Waals surface area contributed by atoms with Crippen LogP contribution in [0.15, 0.2) is 0 Å². The predicted octanol–water partition coefficient (Wildman–Crippen LogP) is 3.34. The average Bonchev–Trinajstić information content (AvgIpc) is 2.38. The fourth-order valence-corrected chi connectivity index (χ4v) is 3.06. The van der Waals surface area contributed by atoms with Crippen LogP contribution in [0.2, 0.25) is 0 Å². The molecule has 3 nitrogen and oxygen atoms in total. The number of carbonyl (C=O) groups excluding carboxylic acids is 1. The maximum absolute atomic E-state index is 11.9. The maximum atomic E-state index is 11.9. The Labute approximate surface area is 125 Å². The first-order chi connectivity index (χ1) is 9.49. The van der Waals surface area contributed by atoms with E-state index in [1.165, 1.54) is 32.1 Å². The lowest BCUT2D eigenvalue weighted by atomic mass is 9.81. The van der Waals surface area contributed by atoms with E-state index in [9.17, 15) is 4.79 Å². The third kappa shape index (κ3) is 7.28. The van der Waals surface area contributed by atoms with Gasteiger partial charge in [-0.15, -0.1) is 0 Å². The Hall–Kier alpha value is -0.570. The molecule has 0 radical (unpaired) electrons. The highest BCUT2D eigenvalue weighted by atomic mass is 16.2. The minimum atomic E-state index is -0.0665. The van der Waals surface area contributed by atoms with Gasteiger partial charge in [0.25, 0.3) is 0 Å². The van der Waals surface area contributed by atoms with Crippen molar-refractivity contribution in [3.63, 3.8) is 0 Å². The molecular weight excluding hydrogens is 248 g/mol. The summed E-state index contributed by atoms with van der Waals surface area (Å²) in [6.45, 7) is 10.5. The Balaban J connectivity index is 2.09. The van der Waals surface area contributed by atoms with Gasteiger partial charge in [-0.2, -0.15) is 0 Å². The molecule has 3 atom stereocenters. The van der Waals surface area contributed by atoms with E-state index in [1.54, 1.807) is 0 Å². The van der Waals surface area contributed by atoms with Gasteiger partial charge >= 0.3 is 0 Å². The van der Waals surface area contributed by atoms with Gasteiger partial charge in [0.2, 0.25) is 5.91 Å². The lowest BCUT2D eigenvalue weighted by Gasteiger charge is -2.27. The highest BCUT2D eigenvalue weighted by molar-refractivity contribution is 5.81. The lowest BCUT2D eigenvalue weighted by Crippen LogP contribution is -2.43. The number of rotatable bonds is 8. The van der Waals surface area contributed by atoms with Crippen molar-refractivity contribution in [3.8, 4) is 0 Å². The molecule has 0 aromatic carbocycles. The Morgan fingerprint density at radius 2 is 1.95 bits per heavy atom. The first kappa shape index (κ1) is 17.5. The van der Waals surface area contributed by atoms with Gasteiger partial charge in [-0.25, -0.2) is 0 Å². The van der Waals surface area contributed by atoms with E-state index in [0.717, 1.165) is 31.3 Å². The first-order valence-electron chi connectivity index (χ1n) is 8.50. The molecule has 0 spiro atoms. The summed E-state index contributed by atoms with van der Waals surface area (Å²) >= 11 is 0. The second kappa shape index (κ2) is 9.38. The van der Waals surface area contributed by atoms with Crippen LogP contribution in [0.1, 0.15) is 66.2 Å². The lowest BCUT2D eigenvalue weighted by molar-refractivity contribution is -0.122. The molecule has 1 aliphatic carbocycles. The molecule has 3 heteroatoms. The molecule has 1 saturated carbocycles. The second-order valence-electron chi connectivity index (χ2n) is 7.08. The van der Waals surface area contributed by atoms with Crippen molar-refractivity contribution in [1.82, 2.24) is 10.6 Å². The Morgan fingerprint density at radius 1 is 1.20 bits per heavy atom. The van der Waals surface area contributed by atoms with Crippen LogP contribution in [0.4, 0.5) is 0 Å². The zero-order chi connectivity index (χ0) is 15.0. The van der Waals surface area contributed by atoms with Gasteiger partial charge in [0.05, 0.1) is 6.04 Å². The van der Waals surface area contributed by atoms with E-state index in [1.807, 2.05) is 6.92 Å². The maximum Gasteiger partial charge on any atom is 0.236 e. The molecule has 1 amide bonds. The molecule has 20 heavy (non-hydrogen) atoms. The Morgan fingerprint density at radius 3 is 2.60 bits per heavy atom.